The lowest BCUT2D eigenvalue weighted by Crippen LogP contribution is -2.63. The number of fused-ring (bicyclic) bond motifs is 10. The van der Waals surface area contributed by atoms with Crippen molar-refractivity contribution in [3.8, 4) is 0 Å². The Morgan fingerprint density at radius 2 is 1.27 bits per heavy atom. The number of aliphatic hydroxyl groups is 3. The van der Waals surface area contributed by atoms with Gasteiger partial charge >= 0.3 is 5.97 Å². The van der Waals surface area contributed by atoms with Crippen molar-refractivity contribution in [1.29, 1.82) is 0 Å². The van der Waals surface area contributed by atoms with E-state index in [9.17, 15) is 30.0 Å². The molecule has 8 rings (SSSR count). The third-order valence-electron chi connectivity index (χ3n) is 21.0. The van der Waals surface area contributed by atoms with Gasteiger partial charge in [0.1, 0.15) is 0 Å². The summed E-state index contributed by atoms with van der Waals surface area (Å²) in [6.45, 7) is 14.5. The second kappa shape index (κ2) is 14.8. The van der Waals surface area contributed by atoms with Crippen LogP contribution in [0.2, 0.25) is 0 Å². The van der Waals surface area contributed by atoms with Crippen molar-refractivity contribution in [1.82, 2.24) is 5.32 Å². The van der Waals surface area contributed by atoms with Gasteiger partial charge in [-0.3, -0.25) is 9.59 Å². The highest BCUT2D eigenvalue weighted by molar-refractivity contribution is 5.76. The van der Waals surface area contributed by atoms with Gasteiger partial charge in [0.05, 0.1) is 18.3 Å². The number of hydrogen-bond donors (Lipinski definition) is 5. The minimum Gasteiger partial charge on any atom is -0.481 e. The van der Waals surface area contributed by atoms with E-state index in [1.807, 2.05) is 0 Å². The number of carboxylic acids is 1. The van der Waals surface area contributed by atoms with Crippen molar-refractivity contribution in [2.24, 2.45) is 92.7 Å². The summed E-state index contributed by atoms with van der Waals surface area (Å²) in [5.74, 6) is 5.51. The number of aliphatic carboxylic acids is 1. The van der Waals surface area contributed by atoms with Crippen LogP contribution < -0.4 is 5.32 Å². The summed E-state index contributed by atoms with van der Waals surface area (Å²) in [6, 6.07) is 0.162. The first-order valence-electron chi connectivity index (χ1n) is 23.6. The average Bonchev–Trinajstić information content (AvgIpc) is 3.68. The number of carbonyl (C=O) groups is 2. The Morgan fingerprint density at radius 3 is 2.04 bits per heavy atom. The Kier molecular flexibility index (Phi) is 10.9. The molecule has 8 aliphatic rings. The third-order valence-corrected chi connectivity index (χ3v) is 21.0. The predicted molar refractivity (Wildman–Crippen MR) is 216 cm³/mol. The molecule has 20 atom stereocenters. The van der Waals surface area contributed by atoms with E-state index >= 15 is 0 Å². The molecule has 0 radical (unpaired) electrons. The van der Waals surface area contributed by atoms with E-state index in [0.29, 0.717) is 47.3 Å². The van der Waals surface area contributed by atoms with Crippen LogP contribution in [-0.2, 0) is 9.59 Å². The molecule has 0 aromatic carbocycles. The second-order valence-corrected chi connectivity index (χ2v) is 22.9. The Morgan fingerprint density at radius 1 is 0.636 bits per heavy atom. The normalized spacial score (nSPS) is 52.7. The van der Waals surface area contributed by atoms with Crippen molar-refractivity contribution >= 4 is 11.9 Å². The first kappa shape index (κ1) is 40.6. The molecular formula is C48H79NO6. The van der Waals surface area contributed by atoms with E-state index in [1.165, 1.54) is 44.9 Å². The monoisotopic (exact) mass is 766 g/mol. The van der Waals surface area contributed by atoms with Crippen LogP contribution in [0.3, 0.4) is 0 Å². The van der Waals surface area contributed by atoms with Gasteiger partial charge in [-0.05, 0) is 208 Å². The molecule has 0 spiro atoms. The maximum atomic E-state index is 13.6. The fourth-order valence-electron chi connectivity index (χ4n) is 17.9. The standard InChI is InChI=1S/C48H79NO6/c1-27(34-11-13-36-33-10-9-29-24-32(50)18-21-45(29,3)37(33)19-22-47(34,36)5)7-15-42(53)49-31-17-20-46(4)30(23-31)25-40(51)44-38-14-12-35(28(2)8-16-43(54)55)48(38,6)41(52)26-39(44)46/h27-41,44,50-52H,7-26H2,1-6H3,(H,49,53)(H,54,55)/t27?,28?,29-,30+,31+,32-,33+,34?,35?,36+,37+,38+,39+,40-,41+,44+,45+,46+,47-,48-/m1/s1. The zero-order valence-electron chi connectivity index (χ0n) is 35.5. The molecule has 1 amide bonds. The Labute approximate surface area is 333 Å². The number of aliphatic hydroxyl groups excluding tert-OH is 3. The van der Waals surface area contributed by atoms with Crippen LogP contribution in [0.15, 0.2) is 0 Å². The molecule has 8 fully saturated rings. The van der Waals surface area contributed by atoms with Gasteiger partial charge in [0.25, 0.3) is 0 Å². The summed E-state index contributed by atoms with van der Waals surface area (Å²) in [4.78, 5) is 25.0. The molecule has 55 heavy (non-hydrogen) atoms. The molecule has 0 aromatic heterocycles. The van der Waals surface area contributed by atoms with Crippen LogP contribution >= 0.6 is 0 Å². The minimum absolute atomic E-state index is 0.0529. The number of carboxylic acid groups (broad SMARTS) is 1. The molecule has 7 heteroatoms. The molecule has 8 aliphatic carbocycles. The summed E-state index contributed by atoms with van der Waals surface area (Å²) < 4.78 is 0. The highest BCUT2D eigenvalue weighted by Gasteiger charge is 2.66. The van der Waals surface area contributed by atoms with Crippen molar-refractivity contribution in [3.63, 3.8) is 0 Å². The summed E-state index contributed by atoms with van der Waals surface area (Å²) in [6.07, 6.45) is 19.2. The summed E-state index contributed by atoms with van der Waals surface area (Å²) in [5.41, 5.74) is 0.587. The molecule has 0 aromatic rings. The van der Waals surface area contributed by atoms with Gasteiger partial charge in [-0.25, -0.2) is 0 Å². The van der Waals surface area contributed by atoms with Crippen LogP contribution in [0.1, 0.15) is 170 Å². The first-order chi connectivity index (χ1) is 26.0. The Hall–Kier alpha value is -1.18. The second-order valence-electron chi connectivity index (χ2n) is 22.9. The van der Waals surface area contributed by atoms with Crippen LogP contribution in [0, 0.1) is 92.7 Å². The van der Waals surface area contributed by atoms with Gasteiger partial charge in [-0.2, -0.15) is 0 Å². The summed E-state index contributed by atoms with van der Waals surface area (Å²) >= 11 is 0. The zero-order valence-corrected chi connectivity index (χ0v) is 35.5. The fraction of sp³-hybridized carbons (Fsp3) is 0.958. The fourth-order valence-corrected chi connectivity index (χ4v) is 17.9. The molecule has 0 aliphatic heterocycles. The van der Waals surface area contributed by atoms with Crippen LogP contribution in [-0.4, -0.2) is 56.7 Å². The lowest BCUT2D eigenvalue weighted by molar-refractivity contribution is -0.202. The van der Waals surface area contributed by atoms with Crippen LogP contribution in [0.5, 0.6) is 0 Å². The topological polar surface area (TPSA) is 127 Å². The number of rotatable bonds is 9. The van der Waals surface area contributed by atoms with Gasteiger partial charge in [0.2, 0.25) is 5.91 Å². The molecular weight excluding hydrogens is 687 g/mol. The van der Waals surface area contributed by atoms with E-state index in [2.05, 4.69) is 46.9 Å². The number of hydrogen-bond acceptors (Lipinski definition) is 5. The first-order valence-corrected chi connectivity index (χ1v) is 23.6. The van der Waals surface area contributed by atoms with Gasteiger partial charge in [-0.1, -0.05) is 41.5 Å². The molecule has 0 heterocycles. The Bertz CT molecular complexity index is 1440. The number of carbonyl (C=O) groups excluding carboxylic acids is 1. The highest BCUT2D eigenvalue weighted by atomic mass is 16.4. The van der Waals surface area contributed by atoms with Crippen LogP contribution in [0.4, 0.5) is 0 Å². The molecule has 8 saturated carbocycles. The van der Waals surface area contributed by atoms with Gasteiger partial charge in [-0.15, -0.1) is 0 Å². The van der Waals surface area contributed by atoms with E-state index < -0.39 is 12.1 Å². The van der Waals surface area contributed by atoms with Gasteiger partial charge in [0, 0.05) is 18.9 Å². The van der Waals surface area contributed by atoms with Crippen molar-refractivity contribution in [3.05, 3.63) is 0 Å². The minimum atomic E-state index is -0.748. The smallest absolute Gasteiger partial charge is 0.303 e. The van der Waals surface area contributed by atoms with Crippen molar-refractivity contribution in [2.75, 3.05) is 0 Å². The van der Waals surface area contributed by atoms with Gasteiger partial charge in [0.15, 0.2) is 0 Å². The third kappa shape index (κ3) is 6.60. The lowest BCUT2D eigenvalue weighted by Gasteiger charge is -2.63. The van der Waals surface area contributed by atoms with E-state index in [1.54, 1.807) is 0 Å². The molecule has 5 N–H and O–H groups in total. The number of amides is 1. The molecule has 0 bridgehead atoms. The quantitative estimate of drug-likeness (QED) is 0.160. The average molecular weight is 766 g/mol. The molecule has 0 saturated heterocycles. The maximum absolute atomic E-state index is 13.6. The van der Waals surface area contributed by atoms with E-state index in [4.69, 9.17) is 0 Å². The van der Waals surface area contributed by atoms with Crippen molar-refractivity contribution < 1.29 is 30.0 Å². The maximum Gasteiger partial charge on any atom is 0.303 e. The zero-order chi connectivity index (χ0) is 39.2. The molecule has 312 valence electrons. The Balaban J connectivity index is 0.849. The summed E-state index contributed by atoms with van der Waals surface area (Å²) in [5, 5.41) is 47.1. The van der Waals surface area contributed by atoms with E-state index in [-0.39, 0.29) is 71.0 Å². The van der Waals surface area contributed by atoms with Crippen molar-refractivity contribution in [2.45, 2.75) is 194 Å². The largest absolute Gasteiger partial charge is 0.481 e. The van der Waals surface area contributed by atoms with Gasteiger partial charge < -0.3 is 25.7 Å². The van der Waals surface area contributed by atoms with E-state index in [0.717, 1.165) is 82.0 Å². The summed E-state index contributed by atoms with van der Waals surface area (Å²) in [7, 11) is 0. The lowest BCUT2D eigenvalue weighted by atomic mass is 9.43. The predicted octanol–water partition coefficient (Wildman–Crippen LogP) is 9.01. The SMILES string of the molecule is CC(CCC(=O)O)C1CC[C@H]2[C@@H]3[C@H](O)C[C@@H]4C[C@@H](NC(=O)CCC(C)C5CC[C@H]6[C@@H]7CC[C@@H]8C[C@H](O)CC[C@]8(C)[C@H]7CC[C@]56C)CC[C@]4(C)[C@H]3C[C@H](O)[C@]12C. The highest BCUT2D eigenvalue weighted by Crippen LogP contribution is 2.70. The van der Waals surface area contributed by atoms with Crippen LogP contribution in [0.25, 0.3) is 0 Å². The number of nitrogens with one attached hydrogen (secondary N) is 1. The molecule has 4 unspecified atom stereocenters. The molecule has 7 nitrogen and oxygen atoms in total.